The predicted octanol–water partition coefficient (Wildman–Crippen LogP) is 3.58. The summed E-state index contributed by atoms with van der Waals surface area (Å²) >= 11 is 11.6. The molecule has 0 heterocycles. The first-order chi connectivity index (χ1) is 7.22. The second kappa shape index (κ2) is 6.67. The fraction of sp³-hybridized carbons (Fsp3) is 0.300. The number of hydrogen-bond acceptors (Lipinski definition) is 2. The van der Waals surface area contributed by atoms with Gasteiger partial charge in [-0.3, -0.25) is 10.3 Å². The molecule has 0 saturated carbocycles. The second-order valence-electron chi connectivity index (χ2n) is 2.85. The first-order valence-electron chi connectivity index (χ1n) is 4.58. The van der Waals surface area contributed by atoms with E-state index in [2.05, 4.69) is 10.5 Å². The van der Waals surface area contributed by atoms with E-state index >= 15 is 0 Å². The van der Waals surface area contributed by atoms with Gasteiger partial charge in [0.1, 0.15) is 6.34 Å². The van der Waals surface area contributed by atoms with Crippen molar-refractivity contribution in [3.05, 3.63) is 28.2 Å². The summed E-state index contributed by atoms with van der Waals surface area (Å²) in [5.41, 5.74) is 3.28. The summed E-state index contributed by atoms with van der Waals surface area (Å²) in [4.78, 5) is 9.07. The van der Waals surface area contributed by atoms with Gasteiger partial charge in [-0.05, 0) is 24.6 Å². The Balaban J connectivity index is 2.49. The predicted molar refractivity (Wildman–Crippen MR) is 64.0 cm³/mol. The second-order valence-corrected chi connectivity index (χ2v) is 3.73. The lowest BCUT2D eigenvalue weighted by Crippen LogP contribution is -2.11. The Kier molecular flexibility index (Phi) is 5.47. The van der Waals surface area contributed by atoms with Gasteiger partial charge in [0.05, 0.1) is 12.3 Å². The van der Waals surface area contributed by atoms with Crippen LogP contribution >= 0.6 is 23.2 Å². The van der Waals surface area contributed by atoms with Crippen LogP contribution in [0.4, 0.5) is 5.69 Å². The van der Waals surface area contributed by atoms with Crippen LogP contribution in [-0.2, 0) is 4.84 Å². The Morgan fingerprint density at radius 3 is 2.60 bits per heavy atom. The zero-order chi connectivity index (χ0) is 11.1. The molecule has 5 heteroatoms. The molecule has 0 spiro atoms. The highest BCUT2D eigenvalue weighted by molar-refractivity contribution is 6.35. The Hall–Kier alpha value is -0.770. The average Bonchev–Trinajstić information content (AvgIpc) is 2.16. The van der Waals surface area contributed by atoms with Crippen molar-refractivity contribution >= 4 is 35.2 Å². The highest BCUT2D eigenvalue weighted by atomic mass is 35.5. The molecule has 0 aromatic heterocycles. The van der Waals surface area contributed by atoms with Crippen LogP contribution in [0.25, 0.3) is 0 Å². The van der Waals surface area contributed by atoms with Crippen LogP contribution in [0.1, 0.15) is 13.3 Å². The van der Waals surface area contributed by atoms with E-state index in [0.29, 0.717) is 22.3 Å². The molecular formula is C10H12Cl2N2O. The molecule has 0 amide bonds. The third kappa shape index (κ3) is 5.02. The molecule has 3 nitrogen and oxygen atoms in total. The molecular weight excluding hydrogens is 235 g/mol. The minimum atomic E-state index is 0.559. The molecule has 1 aromatic carbocycles. The van der Waals surface area contributed by atoms with Crippen molar-refractivity contribution in [3.63, 3.8) is 0 Å². The first-order valence-corrected chi connectivity index (χ1v) is 5.34. The molecule has 0 bridgehead atoms. The van der Waals surface area contributed by atoms with E-state index in [1.54, 1.807) is 18.2 Å². The van der Waals surface area contributed by atoms with Gasteiger partial charge in [0.15, 0.2) is 0 Å². The number of rotatable bonds is 5. The molecule has 0 aliphatic rings. The van der Waals surface area contributed by atoms with Crippen LogP contribution in [-0.4, -0.2) is 12.9 Å². The van der Waals surface area contributed by atoms with E-state index in [1.165, 1.54) is 6.34 Å². The van der Waals surface area contributed by atoms with E-state index in [-0.39, 0.29) is 0 Å². The maximum Gasteiger partial charge on any atom is 0.113 e. The fourth-order valence-corrected chi connectivity index (χ4v) is 1.43. The number of benzene rings is 1. The monoisotopic (exact) mass is 246 g/mol. The van der Waals surface area contributed by atoms with Gasteiger partial charge in [0.25, 0.3) is 0 Å². The molecule has 82 valence electrons. The lowest BCUT2D eigenvalue weighted by atomic mass is 10.3. The van der Waals surface area contributed by atoms with Crippen LogP contribution < -0.4 is 5.48 Å². The number of aliphatic imine (C=N–C) groups is 1. The number of hydroxylamine groups is 1. The first kappa shape index (κ1) is 12.3. The maximum absolute atomic E-state index is 5.80. The fourth-order valence-electron chi connectivity index (χ4n) is 0.913. The summed E-state index contributed by atoms with van der Waals surface area (Å²) in [5, 5.41) is 1.12. The summed E-state index contributed by atoms with van der Waals surface area (Å²) in [5.74, 6) is 0. The van der Waals surface area contributed by atoms with E-state index in [1.807, 2.05) is 6.92 Å². The summed E-state index contributed by atoms with van der Waals surface area (Å²) in [6.45, 7) is 2.66. The van der Waals surface area contributed by atoms with Crippen LogP contribution in [0.15, 0.2) is 23.2 Å². The summed E-state index contributed by atoms with van der Waals surface area (Å²) in [7, 11) is 0. The largest absolute Gasteiger partial charge is 0.275 e. The Bertz CT molecular complexity index is 322. The zero-order valence-corrected chi connectivity index (χ0v) is 9.85. The van der Waals surface area contributed by atoms with Gasteiger partial charge >= 0.3 is 0 Å². The Morgan fingerprint density at radius 2 is 2.00 bits per heavy atom. The Morgan fingerprint density at radius 1 is 1.33 bits per heavy atom. The molecule has 1 aromatic rings. The van der Waals surface area contributed by atoms with Gasteiger partial charge in [0.2, 0.25) is 0 Å². The van der Waals surface area contributed by atoms with Gasteiger partial charge in [-0.15, -0.1) is 0 Å². The third-order valence-corrected chi connectivity index (χ3v) is 1.94. The standard InChI is InChI=1S/C10H12Cl2N2O/c1-2-3-15-14-7-13-10-5-8(11)4-9(12)6-10/h4-7H,2-3H2,1H3,(H,13,14). The van der Waals surface area contributed by atoms with E-state index in [9.17, 15) is 0 Å². The normalized spacial score (nSPS) is 10.9. The van der Waals surface area contributed by atoms with Crippen molar-refractivity contribution in [2.45, 2.75) is 13.3 Å². The van der Waals surface area contributed by atoms with Crippen molar-refractivity contribution in [2.24, 2.45) is 4.99 Å². The SMILES string of the molecule is CCCONC=Nc1cc(Cl)cc(Cl)c1. The molecule has 0 aliphatic heterocycles. The lowest BCUT2D eigenvalue weighted by molar-refractivity contribution is 0.0890. The zero-order valence-electron chi connectivity index (χ0n) is 8.34. The maximum atomic E-state index is 5.80. The van der Waals surface area contributed by atoms with E-state index in [0.717, 1.165) is 6.42 Å². The number of nitrogens with zero attached hydrogens (tertiary/aromatic N) is 1. The molecule has 0 fully saturated rings. The lowest BCUT2D eigenvalue weighted by Gasteiger charge is -1.99. The Labute approximate surface area is 99.0 Å². The smallest absolute Gasteiger partial charge is 0.113 e. The molecule has 0 saturated heterocycles. The van der Waals surface area contributed by atoms with Gasteiger partial charge in [0, 0.05) is 10.0 Å². The molecule has 1 rings (SSSR count). The number of halogens is 2. The van der Waals surface area contributed by atoms with Crippen LogP contribution in [0.5, 0.6) is 0 Å². The van der Waals surface area contributed by atoms with Crippen molar-refractivity contribution in [2.75, 3.05) is 6.61 Å². The summed E-state index contributed by atoms with van der Waals surface area (Å²) in [6.07, 6.45) is 2.40. The number of hydrogen-bond donors (Lipinski definition) is 1. The third-order valence-electron chi connectivity index (χ3n) is 1.50. The van der Waals surface area contributed by atoms with Crippen LogP contribution in [0.3, 0.4) is 0 Å². The topological polar surface area (TPSA) is 33.6 Å². The molecule has 1 N–H and O–H groups in total. The highest BCUT2D eigenvalue weighted by Gasteiger charge is 1.95. The van der Waals surface area contributed by atoms with Gasteiger partial charge in [-0.2, -0.15) is 0 Å². The molecule has 0 aliphatic carbocycles. The van der Waals surface area contributed by atoms with Gasteiger partial charge in [-0.25, -0.2) is 4.99 Å². The van der Waals surface area contributed by atoms with Crippen molar-refractivity contribution in [3.8, 4) is 0 Å². The van der Waals surface area contributed by atoms with E-state index < -0.39 is 0 Å². The minimum absolute atomic E-state index is 0.559. The summed E-state index contributed by atoms with van der Waals surface area (Å²) in [6, 6.07) is 5.08. The molecule has 0 radical (unpaired) electrons. The van der Waals surface area contributed by atoms with E-state index in [4.69, 9.17) is 28.0 Å². The van der Waals surface area contributed by atoms with Crippen molar-refractivity contribution in [1.82, 2.24) is 5.48 Å². The molecule has 0 unspecified atom stereocenters. The number of nitrogens with one attached hydrogen (secondary N) is 1. The van der Waals surface area contributed by atoms with Crippen LogP contribution in [0.2, 0.25) is 10.0 Å². The average molecular weight is 247 g/mol. The summed E-state index contributed by atoms with van der Waals surface area (Å²) < 4.78 is 0. The minimum Gasteiger partial charge on any atom is -0.275 e. The molecule has 0 atom stereocenters. The van der Waals surface area contributed by atoms with Gasteiger partial charge in [-0.1, -0.05) is 30.1 Å². The van der Waals surface area contributed by atoms with Crippen molar-refractivity contribution < 1.29 is 4.84 Å². The highest BCUT2D eigenvalue weighted by Crippen LogP contribution is 2.23. The quantitative estimate of drug-likeness (QED) is 0.373. The van der Waals surface area contributed by atoms with Gasteiger partial charge < -0.3 is 0 Å². The van der Waals surface area contributed by atoms with Crippen molar-refractivity contribution in [1.29, 1.82) is 0 Å². The van der Waals surface area contributed by atoms with Crippen LogP contribution in [0, 0.1) is 0 Å². The molecule has 15 heavy (non-hydrogen) atoms.